The number of hydrogen-bond acceptors (Lipinski definition) is 3. The largest absolute Gasteiger partial charge is 0.496 e. The van der Waals surface area contributed by atoms with Crippen LogP contribution in [0.15, 0.2) is 24.3 Å². The Balaban J connectivity index is 1.60. The molecular formula is C18H24N2O3. The first kappa shape index (κ1) is 15.8. The topological polar surface area (TPSA) is 49.9 Å². The summed E-state index contributed by atoms with van der Waals surface area (Å²) in [5.41, 5.74) is 0.588. The number of carbonyl (C=O) groups is 2. The molecule has 2 amide bonds. The van der Waals surface area contributed by atoms with Crippen LogP contribution in [0.4, 0.5) is 0 Å². The highest BCUT2D eigenvalue weighted by Crippen LogP contribution is 2.27. The number of benzene rings is 1. The summed E-state index contributed by atoms with van der Waals surface area (Å²) < 4.78 is 5.27. The lowest BCUT2D eigenvalue weighted by Crippen LogP contribution is -2.51. The van der Waals surface area contributed by atoms with E-state index in [1.54, 1.807) is 19.2 Å². The molecule has 5 nitrogen and oxygen atoms in total. The number of nitrogens with zero attached hydrogens (tertiary/aromatic N) is 2. The molecule has 1 aromatic rings. The van der Waals surface area contributed by atoms with Crippen molar-refractivity contribution in [2.45, 2.75) is 25.7 Å². The normalized spacial score (nSPS) is 19.0. The van der Waals surface area contributed by atoms with Crippen molar-refractivity contribution in [2.24, 2.45) is 5.92 Å². The highest BCUT2D eigenvalue weighted by molar-refractivity contribution is 5.97. The van der Waals surface area contributed by atoms with Gasteiger partial charge in [0.2, 0.25) is 5.91 Å². The monoisotopic (exact) mass is 316 g/mol. The molecule has 0 N–H and O–H groups in total. The van der Waals surface area contributed by atoms with Gasteiger partial charge in [0.05, 0.1) is 12.7 Å². The summed E-state index contributed by atoms with van der Waals surface area (Å²) in [5, 5.41) is 0. The minimum atomic E-state index is -0.0181. The molecule has 1 aromatic carbocycles. The second-order valence-corrected chi connectivity index (χ2v) is 6.30. The van der Waals surface area contributed by atoms with Crippen LogP contribution >= 0.6 is 0 Å². The van der Waals surface area contributed by atoms with E-state index in [9.17, 15) is 9.59 Å². The fourth-order valence-corrected chi connectivity index (χ4v) is 3.55. The highest BCUT2D eigenvalue weighted by Gasteiger charge is 2.31. The molecule has 1 saturated carbocycles. The van der Waals surface area contributed by atoms with Crippen molar-refractivity contribution in [3.05, 3.63) is 29.8 Å². The van der Waals surface area contributed by atoms with Crippen LogP contribution in [0, 0.1) is 5.92 Å². The molecule has 1 heterocycles. The highest BCUT2D eigenvalue weighted by atomic mass is 16.5. The fourth-order valence-electron chi connectivity index (χ4n) is 3.55. The van der Waals surface area contributed by atoms with Crippen LogP contribution in [-0.4, -0.2) is 54.9 Å². The third-order valence-corrected chi connectivity index (χ3v) is 4.92. The lowest BCUT2D eigenvalue weighted by Gasteiger charge is -2.36. The fraction of sp³-hybridized carbons (Fsp3) is 0.556. The summed E-state index contributed by atoms with van der Waals surface area (Å²) in [7, 11) is 1.57. The van der Waals surface area contributed by atoms with Crippen molar-refractivity contribution in [2.75, 3.05) is 33.3 Å². The van der Waals surface area contributed by atoms with E-state index >= 15 is 0 Å². The maximum Gasteiger partial charge on any atom is 0.257 e. The zero-order chi connectivity index (χ0) is 16.2. The van der Waals surface area contributed by atoms with Gasteiger partial charge in [-0.2, -0.15) is 0 Å². The Morgan fingerprint density at radius 2 is 1.61 bits per heavy atom. The number of amides is 2. The molecule has 0 atom stereocenters. The minimum absolute atomic E-state index is 0.0181. The number of methoxy groups -OCH3 is 1. The Bertz CT molecular complexity index is 573. The van der Waals surface area contributed by atoms with Crippen LogP contribution in [0.2, 0.25) is 0 Å². The maximum absolute atomic E-state index is 12.7. The van der Waals surface area contributed by atoms with Crippen LogP contribution in [-0.2, 0) is 4.79 Å². The van der Waals surface area contributed by atoms with Gasteiger partial charge < -0.3 is 14.5 Å². The van der Waals surface area contributed by atoms with Crippen LogP contribution < -0.4 is 4.74 Å². The predicted molar refractivity (Wildman–Crippen MR) is 87.4 cm³/mol. The first-order valence-corrected chi connectivity index (χ1v) is 8.42. The molecular weight excluding hydrogens is 292 g/mol. The Morgan fingerprint density at radius 3 is 2.26 bits per heavy atom. The zero-order valence-corrected chi connectivity index (χ0v) is 13.7. The average Bonchev–Trinajstić information content (AvgIpc) is 3.15. The number of para-hydroxylation sites is 1. The molecule has 1 aliphatic heterocycles. The van der Waals surface area contributed by atoms with Crippen LogP contribution in [0.1, 0.15) is 36.0 Å². The maximum atomic E-state index is 12.7. The molecule has 0 bridgehead atoms. The van der Waals surface area contributed by atoms with Crippen LogP contribution in [0.25, 0.3) is 0 Å². The van der Waals surface area contributed by atoms with E-state index in [0.717, 1.165) is 12.8 Å². The van der Waals surface area contributed by atoms with Gasteiger partial charge in [0, 0.05) is 32.1 Å². The minimum Gasteiger partial charge on any atom is -0.496 e. The summed E-state index contributed by atoms with van der Waals surface area (Å²) in [4.78, 5) is 28.9. The molecule has 1 aliphatic carbocycles. The Labute approximate surface area is 137 Å². The van der Waals surface area contributed by atoms with Crippen molar-refractivity contribution < 1.29 is 14.3 Å². The van der Waals surface area contributed by atoms with Gasteiger partial charge in [-0.3, -0.25) is 9.59 Å². The molecule has 5 heteroatoms. The number of carbonyl (C=O) groups excluding carboxylic acids is 2. The Kier molecular flexibility index (Phi) is 4.84. The first-order valence-electron chi connectivity index (χ1n) is 8.42. The molecule has 2 fully saturated rings. The number of hydrogen-bond donors (Lipinski definition) is 0. The molecule has 23 heavy (non-hydrogen) atoms. The van der Waals surface area contributed by atoms with Gasteiger partial charge in [0.15, 0.2) is 0 Å². The summed E-state index contributed by atoms with van der Waals surface area (Å²) in [6.45, 7) is 2.46. The first-order chi connectivity index (χ1) is 11.2. The second-order valence-electron chi connectivity index (χ2n) is 6.30. The Hall–Kier alpha value is -2.04. The SMILES string of the molecule is COc1ccccc1C(=O)N1CCN(C(=O)C2CCCC2)CC1. The van der Waals surface area contributed by atoms with E-state index in [-0.39, 0.29) is 17.7 Å². The van der Waals surface area contributed by atoms with E-state index in [2.05, 4.69) is 0 Å². The summed E-state index contributed by atoms with van der Waals surface area (Å²) in [6.07, 6.45) is 4.39. The molecule has 0 spiro atoms. The van der Waals surface area contributed by atoms with E-state index in [1.165, 1.54) is 12.8 Å². The lowest BCUT2D eigenvalue weighted by atomic mass is 10.1. The number of rotatable bonds is 3. The molecule has 0 radical (unpaired) electrons. The van der Waals surface area contributed by atoms with Crippen molar-refractivity contribution in [1.29, 1.82) is 0 Å². The molecule has 0 unspecified atom stereocenters. The molecule has 3 rings (SSSR count). The summed E-state index contributed by atoms with van der Waals surface area (Å²) in [6, 6.07) is 7.29. The van der Waals surface area contributed by atoms with Crippen molar-refractivity contribution >= 4 is 11.8 Å². The second kappa shape index (κ2) is 7.02. The number of ether oxygens (including phenoxy) is 1. The van der Waals surface area contributed by atoms with Gasteiger partial charge in [-0.1, -0.05) is 25.0 Å². The van der Waals surface area contributed by atoms with Gasteiger partial charge in [-0.15, -0.1) is 0 Å². The summed E-state index contributed by atoms with van der Waals surface area (Å²) in [5.74, 6) is 1.08. The van der Waals surface area contributed by atoms with Crippen molar-refractivity contribution in [1.82, 2.24) is 9.80 Å². The van der Waals surface area contributed by atoms with Gasteiger partial charge in [0.25, 0.3) is 5.91 Å². The third-order valence-electron chi connectivity index (χ3n) is 4.92. The predicted octanol–water partition coefficient (Wildman–Crippen LogP) is 2.17. The van der Waals surface area contributed by atoms with Crippen LogP contribution in [0.5, 0.6) is 5.75 Å². The quantitative estimate of drug-likeness (QED) is 0.859. The van der Waals surface area contributed by atoms with Gasteiger partial charge in [-0.25, -0.2) is 0 Å². The van der Waals surface area contributed by atoms with E-state index in [4.69, 9.17) is 4.74 Å². The van der Waals surface area contributed by atoms with E-state index in [0.29, 0.717) is 37.5 Å². The molecule has 0 aromatic heterocycles. The van der Waals surface area contributed by atoms with Gasteiger partial charge in [0.1, 0.15) is 5.75 Å². The molecule has 1 saturated heterocycles. The van der Waals surface area contributed by atoms with E-state index in [1.807, 2.05) is 21.9 Å². The standard InChI is InChI=1S/C18H24N2O3/c1-23-16-9-5-4-8-15(16)18(22)20-12-10-19(11-13-20)17(21)14-6-2-3-7-14/h4-5,8-9,14H,2-3,6-7,10-13H2,1H3. The van der Waals surface area contributed by atoms with Gasteiger partial charge >= 0.3 is 0 Å². The van der Waals surface area contributed by atoms with Gasteiger partial charge in [-0.05, 0) is 25.0 Å². The molecule has 124 valence electrons. The number of piperazine rings is 1. The van der Waals surface area contributed by atoms with E-state index < -0.39 is 0 Å². The average molecular weight is 316 g/mol. The Morgan fingerprint density at radius 1 is 1.00 bits per heavy atom. The van der Waals surface area contributed by atoms with Crippen LogP contribution in [0.3, 0.4) is 0 Å². The summed E-state index contributed by atoms with van der Waals surface area (Å²) >= 11 is 0. The smallest absolute Gasteiger partial charge is 0.257 e. The molecule has 2 aliphatic rings. The lowest BCUT2D eigenvalue weighted by molar-refractivity contribution is -0.136. The van der Waals surface area contributed by atoms with Crippen molar-refractivity contribution in [3.63, 3.8) is 0 Å². The third kappa shape index (κ3) is 3.33. The van der Waals surface area contributed by atoms with Crippen molar-refractivity contribution in [3.8, 4) is 5.75 Å². The zero-order valence-electron chi connectivity index (χ0n) is 13.7.